The van der Waals surface area contributed by atoms with Crippen molar-refractivity contribution in [1.82, 2.24) is 0 Å². The predicted molar refractivity (Wildman–Crippen MR) is 64.8 cm³/mol. The Labute approximate surface area is 109 Å². The van der Waals surface area contributed by atoms with Crippen molar-refractivity contribution in [2.45, 2.75) is 24.5 Å². The van der Waals surface area contributed by atoms with E-state index in [9.17, 15) is 20.1 Å². The number of carboxylic acid groups (broad SMARTS) is 1. The standard InChI is InChI=1S/C12H15NO6/c14-8-5-19-11(10(16)9(8)15)13-7-3-1-6(2-4-7)12(17)18/h1-4,8-11,13-16H,5H2,(H,17,18)/t8-,9-,10-,11+/m0/s1. The van der Waals surface area contributed by atoms with E-state index < -0.39 is 30.5 Å². The highest BCUT2D eigenvalue weighted by molar-refractivity contribution is 5.87. The van der Waals surface area contributed by atoms with Gasteiger partial charge in [0.2, 0.25) is 0 Å². The molecule has 7 nitrogen and oxygen atoms in total. The lowest BCUT2D eigenvalue weighted by Crippen LogP contribution is -2.55. The lowest BCUT2D eigenvalue weighted by Gasteiger charge is -2.35. The largest absolute Gasteiger partial charge is 0.478 e. The molecule has 1 aromatic carbocycles. The summed E-state index contributed by atoms with van der Waals surface area (Å²) in [4.78, 5) is 10.7. The van der Waals surface area contributed by atoms with Gasteiger partial charge in [-0.05, 0) is 24.3 Å². The molecule has 0 amide bonds. The van der Waals surface area contributed by atoms with Crippen LogP contribution in [0.5, 0.6) is 0 Å². The molecular weight excluding hydrogens is 254 g/mol. The first-order chi connectivity index (χ1) is 8.99. The fourth-order valence-corrected chi connectivity index (χ4v) is 1.81. The van der Waals surface area contributed by atoms with Crippen LogP contribution in [0.15, 0.2) is 24.3 Å². The van der Waals surface area contributed by atoms with Crippen LogP contribution in [0.4, 0.5) is 5.69 Å². The first-order valence-electron chi connectivity index (χ1n) is 5.74. The minimum atomic E-state index is -1.29. The van der Waals surface area contributed by atoms with Gasteiger partial charge in [0.25, 0.3) is 0 Å². The van der Waals surface area contributed by atoms with Crippen molar-refractivity contribution in [3.63, 3.8) is 0 Å². The molecule has 0 unspecified atom stereocenters. The summed E-state index contributed by atoms with van der Waals surface area (Å²) in [6.07, 6.45) is -4.55. The van der Waals surface area contributed by atoms with Gasteiger partial charge in [0.1, 0.15) is 18.3 Å². The van der Waals surface area contributed by atoms with Gasteiger partial charge in [-0.25, -0.2) is 4.79 Å². The molecule has 1 aromatic rings. The Morgan fingerprint density at radius 2 is 1.79 bits per heavy atom. The topological polar surface area (TPSA) is 119 Å². The number of rotatable bonds is 3. The summed E-state index contributed by atoms with van der Waals surface area (Å²) in [5.41, 5.74) is 0.684. The zero-order valence-corrected chi connectivity index (χ0v) is 9.93. The summed E-state index contributed by atoms with van der Waals surface area (Å²) >= 11 is 0. The molecule has 19 heavy (non-hydrogen) atoms. The molecule has 1 aliphatic rings. The molecule has 4 atom stereocenters. The van der Waals surface area contributed by atoms with Crippen molar-refractivity contribution in [3.8, 4) is 0 Å². The zero-order chi connectivity index (χ0) is 14.0. The summed E-state index contributed by atoms with van der Waals surface area (Å²) < 4.78 is 5.17. The lowest BCUT2D eigenvalue weighted by atomic mass is 10.0. The SMILES string of the molecule is O=C(O)c1ccc(N[C@@H]2OC[C@H](O)[C@H](O)[C@@H]2O)cc1. The van der Waals surface area contributed by atoms with E-state index in [0.717, 1.165) is 0 Å². The van der Waals surface area contributed by atoms with Crippen molar-refractivity contribution in [2.75, 3.05) is 11.9 Å². The number of anilines is 1. The highest BCUT2D eigenvalue weighted by atomic mass is 16.5. The number of aromatic carboxylic acids is 1. The zero-order valence-electron chi connectivity index (χ0n) is 9.93. The van der Waals surface area contributed by atoms with Gasteiger partial charge in [0.05, 0.1) is 12.2 Å². The van der Waals surface area contributed by atoms with Crippen molar-refractivity contribution in [3.05, 3.63) is 29.8 Å². The Morgan fingerprint density at radius 3 is 2.37 bits per heavy atom. The van der Waals surface area contributed by atoms with Crippen molar-refractivity contribution < 1.29 is 30.0 Å². The number of carboxylic acids is 1. The van der Waals surface area contributed by atoms with E-state index >= 15 is 0 Å². The van der Waals surface area contributed by atoms with Crippen LogP contribution in [0.1, 0.15) is 10.4 Å². The Kier molecular flexibility index (Phi) is 4.01. The van der Waals surface area contributed by atoms with Gasteiger partial charge in [-0.3, -0.25) is 0 Å². The van der Waals surface area contributed by atoms with Gasteiger partial charge >= 0.3 is 5.97 Å². The molecule has 0 aliphatic carbocycles. The molecule has 0 saturated carbocycles. The Balaban J connectivity index is 2.03. The Hall–Kier alpha value is -1.67. The number of hydrogen-bond donors (Lipinski definition) is 5. The molecular formula is C12H15NO6. The highest BCUT2D eigenvalue weighted by Crippen LogP contribution is 2.19. The van der Waals surface area contributed by atoms with E-state index in [1.54, 1.807) is 0 Å². The number of aliphatic hydroxyl groups excluding tert-OH is 3. The maximum Gasteiger partial charge on any atom is 0.335 e. The normalized spacial score (nSPS) is 30.9. The number of benzene rings is 1. The number of carbonyl (C=O) groups is 1. The van der Waals surface area contributed by atoms with Crippen LogP contribution in [0.2, 0.25) is 0 Å². The summed E-state index contributed by atoms with van der Waals surface area (Å²) in [6.45, 7) is -0.0941. The molecule has 0 bridgehead atoms. The number of nitrogens with one attached hydrogen (secondary N) is 1. The molecule has 1 heterocycles. The number of hydrogen-bond acceptors (Lipinski definition) is 6. The van der Waals surface area contributed by atoms with E-state index in [0.29, 0.717) is 5.69 Å². The monoisotopic (exact) mass is 269 g/mol. The second-order valence-corrected chi connectivity index (χ2v) is 4.33. The average Bonchev–Trinajstić information content (AvgIpc) is 2.40. The average molecular weight is 269 g/mol. The van der Waals surface area contributed by atoms with Crippen molar-refractivity contribution in [2.24, 2.45) is 0 Å². The third kappa shape index (κ3) is 3.02. The van der Waals surface area contributed by atoms with E-state index in [1.165, 1.54) is 24.3 Å². The van der Waals surface area contributed by atoms with Crippen LogP contribution < -0.4 is 5.32 Å². The molecule has 0 spiro atoms. The molecule has 2 rings (SSSR count). The van der Waals surface area contributed by atoms with Crippen LogP contribution in [-0.4, -0.2) is 57.5 Å². The van der Waals surface area contributed by atoms with E-state index in [-0.39, 0.29) is 12.2 Å². The van der Waals surface area contributed by atoms with Gasteiger partial charge in [-0.15, -0.1) is 0 Å². The summed E-state index contributed by atoms with van der Waals surface area (Å²) in [5.74, 6) is -1.03. The number of ether oxygens (including phenoxy) is 1. The molecule has 1 saturated heterocycles. The third-order valence-corrected chi connectivity index (χ3v) is 2.94. The van der Waals surface area contributed by atoms with Crippen LogP contribution in [-0.2, 0) is 4.74 Å². The lowest BCUT2D eigenvalue weighted by molar-refractivity contribution is -0.178. The molecule has 0 radical (unpaired) electrons. The minimum absolute atomic E-state index is 0.0941. The van der Waals surface area contributed by atoms with Crippen molar-refractivity contribution >= 4 is 11.7 Å². The highest BCUT2D eigenvalue weighted by Gasteiger charge is 2.37. The molecule has 7 heteroatoms. The van der Waals surface area contributed by atoms with Gasteiger partial charge < -0.3 is 30.5 Å². The first kappa shape index (κ1) is 13.8. The van der Waals surface area contributed by atoms with E-state index in [1.807, 2.05) is 0 Å². The fourth-order valence-electron chi connectivity index (χ4n) is 1.81. The molecule has 5 N–H and O–H groups in total. The summed E-state index contributed by atoms with van der Waals surface area (Å²) in [6, 6.07) is 5.87. The van der Waals surface area contributed by atoms with Crippen LogP contribution in [0.3, 0.4) is 0 Å². The van der Waals surface area contributed by atoms with Crippen LogP contribution in [0, 0.1) is 0 Å². The van der Waals surface area contributed by atoms with Crippen molar-refractivity contribution in [1.29, 1.82) is 0 Å². The molecule has 1 fully saturated rings. The minimum Gasteiger partial charge on any atom is -0.478 e. The quantitative estimate of drug-likeness (QED) is 0.489. The van der Waals surface area contributed by atoms with Gasteiger partial charge in [0, 0.05) is 5.69 Å². The Bertz CT molecular complexity index is 448. The maximum atomic E-state index is 10.7. The van der Waals surface area contributed by atoms with E-state index in [4.69, 9.17) is 9.84 Å². The van der Waals surface area contributed by atoms with Gasteiger partial charge in [0.15, 0.2) is 6.23 Å². The fraction of sp³-hybridized carbons (Fsp3) is 0.417. The van der Waals surface area contributed by atoms with E-state index in [2.05, 4.69) is 5.32 Å². The van der Waals surface area contributed by atoms with Crippen LogP contribution >= 0.6 is 0 Å². The predicted octanol–water partition coefficient (Wildman–Crippen LogP) is -0.764. The first-order valence-corrected chi connectivity index (χ1v) is 5.74. The Morgan fingerprint density at radius 1 is 1.16 bits per heavy atom. The second kappa shape index (κ2) is 5.54. The third-order valence-electron chi connectivity index (χ3n) is 2.94. The maximum absolute atomic E-state index is 10.7. The summed E-state index contributed by atoms with van der Waals surface area (Å²) in [5, 5.41) is 40.1. The molecule has 1 aliphatic heterocycles. The van der Waals surface area contributed by atoms with Crippen LogP contribution in [0.25, 0.3) is 0 Å². The van der Waals surface area contributed by atoms with Gasteiger partial charge in [-0.2, -0.15) is 0 Å². The second-order valence-electron chi connectivity index (χ2n) is 4.33. The number of aliphatic hydroxyl groups is 3. The smallest absolute Gasteiger partial charge is 0.335 e. The molecule has 0 aromatic heterocycles. The molecule has 104 valence electrons. The van der Waals surface area contributed by atoms with Gasteiger partial charge in [-0.1, -0.05) is 0 Å². The summed E-state index contributed by atoms with van der Waals surface area (Å²) in [7, 11) is 0.